The van der Waals surface area contributed by atoms with Crippen molar-refractivity contribution in [3.05, 3.63) is 65.2 Å². The molecule has 1 saturated heterocycles. The molecule has 2 aliphatic heterocycles. The Morgan fingerprint density at radius 1 is 1.12 bits per heavy atom. The summed E-state index contributed by atoms with van der Waals surface area (Å²) >= 11 is 0. The second kappa shape index (κ2) is 6.22. The van der Waals surface area contributed by atoms with Crippen LogP contribution in [0.15, 0.2) is 48.5 Å². The summed E-state index contributed by atoms with van der Waals surface area (Å²) in [6, 6.07) is 15.7. The Labute approximate surface area is 143 Å². The van der Waals surface area contributed by atoms with Crippen molar-refractivity contribution in [2.45, 2.75) is 24.5 Å². The van der Waals surface area contributed by atoms with Crippen LogP contribution in [0, 0.1) is 0 Å². The van der Waals surface area contributed by atoms with E-state index in [1.165, 1.54) is 11.1 Å². The predicted octanol–water partition coefficient (Wildman–Crippen LogP) is 2.94. The molecule has 0 spiro atoms. The highest BCUT2D eigenvalue weighted by molar-refractivity contribution is 7.88. The van der Waals surface area contributed by atoms with E-state index < -0.39 is 10.0 Å². The summed E-state index contributed by atoms with van der Waals surface area (Å²) in [7, 11) is -3.26. The van der Waals surface area contributed by atoms with Gasteiger partial charge in [-0.2, -0.15) is 0 Å². The van der Waals surface area contributed by atoms with Gasteiger partial charge in [0.2, 0.25) is 10.0 Å². The Morgan fingerprint density at radius 2 is 1.96 bits per heavy atom. The maximum atomic E-state index is 12.7. The summed E-state index contributed by atoms with van der Waals surface area (Å²) in [6.45, 7) is 1.93. The van der Waals surface area contributed by atoms with Crippen molar-refractivity contribution in [2.75, 3.05) is 19.7 Å². The number of hydrogen-bond acceptors (Lipinski definition) is 3. The van der Waals surface area contributed by atoms with E-state index in [0.29, 0.717) is 13.1 Å². The molecular formula is C19H21NO3S. The second-order valence-corrected chi connectivity index (χ2v) is 8.52. The fraction of sp³-hybridized carbons (Fsp3) is 0.368. The second-order valence-electron chi connectivity index (χ2n) is 6.55. The van der Waals surface area contributed by atoms with Crippen molar-refractivity contribution in [1.29, 1.82) is 0 Å². The highest BCUT2D eigenvalue weighted by Gasteiger charge is 2.32. The van der Waals surface area contributed by atoms with Crippen LogP contribution in [0.5, 0.6) is 5.75 Å². The number of benzene rings is 2. The number of fused-ring (bicyclic) bond motifs is 1. The SMILES string of the molecule is O=S(=O)(Cc1ccccc1)N1CC[C@@H](c2ccc3c(c2)CCO3)C1. The molecule has 0 unspecified atom stereocenters. The maximum Gasteiger partial charge on any atom is 0.218 e. The van der Waals surface area contributed by atoms with Crippen molar-refractivity contribution in [3.8, 4) is 5.75 Å². The minimum atomic E-state index is -3.26. The molecule has 2 aliphatic rings. The lowest BCUT2D eigenvalue weighted by Gasteiger charge is -2.17. The zero-order chi connectivity index (χ0) is 16.6. The first-order chi connectivity index (χ1) is 11.6. The minimum Gasteiger partial charge on any atom is -0.493 e. The molecule has 2 aromatic rings. The fourth-order valence-electron chi connectivity index (χ4n) is 3.59. The Bertz CT molecular complexity index is 833. The van der Waals surface area contributed by atoms with Crippen LogP contribution in [0.2, 0.25) is 0 Å². The summed E-state index contributed by atoms with van der Waals surface area (Å²) in [6.07, 6.45) is 1.83. The third kappa shape index (κ3) is 3.06. The quantitative estimate of drug-likeness (QED) is 0.857. The van der Waals surface area contributed by atoms with Gasteiger partial charge >= 0.3 is 0 Å². The average Bonchev–Trinajstić information content (AvgIpc) is 3.24. The van der Waals surface area contributed by atoms with Gasteiger partial charge in [0.1, 0.15) is 5.75 Å². The van der Waals surface area contributed by atoms with E-state index in [4.69, 9.17) is 4.74 Å². The van der Waals surface area contributed by atoms with Gasteiger partial charge < -0.3 is 4.74 Å². The molecule has 0 saturated carbocycles. The lowest BCUT2D eigenvalue weighted by molar-refractivity contribution is 0.357. The van der Waals surface area contributed by atoms with Crippen LogP contribution in [-0.4, -0.2) is 32.4 Å². The molecule has 0 bridgehead atoms. The van der Waals surface area contributed by atoms with E-state index >= 15 is 0 Å². The highest BCUT2D eigenvalue weighted by atomic mass is 32.2. The van der Waals surface area contributed by atoms with Gasteiger partial charge in [0.25, 0.3) is 0 Å². The first kappa shape index (κ1) is 15.7. The monoisotopic (exact) mass is 343 g/mol. The Balaban J connectivity index is 1.48. The van der Waals surface area contributed by atoms with E-state index in [9.17, 15) is 8.42 Å². The molecule has 5 heteroatoms. The van der Waals surface area contributed by atoms with E-state index in [0.717, 1.165) is 30.8 Å². The molecule has 4 rings (SSSR count). The number of nitrogens with zero attached hydrogens (tertiary/aromatic N) is 1. The van der Waals surface area contributed by atoms with Crippen molar-refractivity contribution in [3.63, 3.8) is 0 Å². The molecule has 2 heterocycles. The smallest absolute Gasteiger partial charge is 0.218 e. The molecule has 2 aromatic carbocycles. The molecule has 0 aliphatic carbocycles. The summed E-state index contributed by atoms with van der Waals surface area (Å²) in [5.41, 5.74) is 3.32. The van der Waals surface area contributed by atoms with Crippen molar-refractivity contribution in [1.82, 2.24) is 4.31 Å². The lowest BCUT2D eigenvalue weighted by atomic mass is 9.96. The molecule has 24 heavy (non-hydrogen) atoms. The summed E-state index contributed by atoms with van der Waals surface area (Å²) in [5, 5.41) is 0. The molecule has 0 radical (unpaired) electrons. The first-order valence-corrected chi connectivity index (χ1v) is 10.00. The van der Waals surface area contributed by atoms with Crippen LogP contribution in [0.3, 0.4) is 0 Å². The van der Waals surface area contributed by atoms with Crippen molar-refractivity contribution >= 4 is 10.0 Å². The van der Waals surface area contributed by atoms with E-state index in [1.807, 2.05) is 36.4 Å². The van der Waals surface area contributed by atoms with Crippen LogP contribution in [0.25, 0.3) is 0 Å². The normalized spacial score (nSPS) is 20.8. The number of hydrogen-bond donors (Lipinski definition) is 0. The Kier molecular flexibility index (Phi) is 4.06. The standard InChI is InChI=1S/C19H21NO3S/c21-24(22,14-15-4-2-1-3-5-15)20-10-8-18(13-20)16-6-7-19-17(12-16)9-11-23-19/h1-7,12,18H,8-11,13-14H2/t18-/m1/s1. The van der Waals surface area contributed by atoms with E-state index in [1.54, 1.807) is 4.31 Å². The van der Waals surface area contributed by atoms with Gasteiger partial charge in [-0.05, 0) is 35.1 Å². The first-order valence-electron chi connectivity index (χ1n) is 8.39. The van der Waals surface area contributed by atoms with Gasteiger partial charge in [-0.1, -0.05) is 42.5 Å². The third-order valence-corrected chi connectivity index (χ3v) is 6.74. The average molecular weight is 343 g/mol. The topological polar surface area (TPSA) is 46.6 Å². The fourth-order valence-corrected chi connectivity index (χ4v) is 5.18. The Morgan fingerprint density at radius 3 is 2.79 bits per heavy atom. The van der Waals surface area contributed by atoms with Crippen LogP contribution in [-0.2, 0) is 22.2 Å². The number of sulfonamides is 1. The molecule has 0 N–H and O–H groups in total. The van der Waals surface area contributed by atoms with Crippen LogP contribution < -0.4 is 4.74 Å². The molecular weight excluding hydrogens is 322 g/mol. The summed E-state index contributed by atoms with van der Waals surface area (Å²) in [5.74, 6) is 1.34. The minimum absolute atomic E-state index is 0.0819. The predicted molar refractivity (Wildman–Crippen MR) is 93.6 cm³/mol. The Hall–Kier alpha value is -1.85. The largest absolute Gasteiger partial charge is 0.493 e. The molecule has 1 atom stereocenters. The van der Waals surface area contributed by atoms with Gasteiger partial charge in [0.15, 0.2) is 0 Å². The van der Waals surface area contributed by atoms with Crippen molar-refractivity contribution in [2.24, 2.45) is 0 Å². The summed E-state index contributed by atoms with van der Waals surface area (Å²) in [4.78, 5) is 0. The molecule has 0 aromatic heterocycles. The number of ether oxygens (including phenoxy) is 1. The number of rotatable bonds is 4. The van der Waals surface area contributed by atoms with Crippen LogP contribution in [0.1, 0.15) is 29.0 Å². The maximum absolute atomic E-state index is 12.7. The highest BCUT2D eigenvalue weighted by Crippen LogP contribution is 2.34. The van der Waals surface area contributed by atoms with Crippen LogP contribution >= 0.6 is 0 Å². The zero-order valence-electron chi connectivity index (χ0n) is 13.5. The zero-order valence-corrected chi connectivity index (χ0v) is 14.3. The van der Waals surface area contributed by atoms with Crippen molar-refractivity contribution < 1.29 is 13.2 Å². The molecule has 4 nitrogen and oxygen atoms in total. The van der Waals surface area contributed by atoms with Gasteiger partial charge in [-0.25, -0.2) is 12.7 Å². The molecule has 126 valence electrons. The lowest BCUT2D eigenvalue weighted by Crippen LogP contribution is -2.29. The van der Waals surface area contributed by atoms with Gasteiger partial charge in [0.05, 0.1) is 12.4 Å². The molecule has 0 amide bonds. The van der Waals surface area contributed by atoms with E-state index in [-0.39, 0.29) is 11.7 Å². The van der Waals surface area contributed by atoms with Gasteiger partial charge in [-0.15, -0.1) is 0 Å². The summed E-state index contributed by atoms with van der Waals surface area (Å²) < 4.78 is 32.5. The van der Waals surface area contributed by atoms with Crippen LogP contribution in [0.4, 0.5) is 0 Å². The van der Waals surface area contributed by atoms with E-state index in [2.05, 4.69) is 12.1 Å². The van der Waals surface area contributed by atoms with Gasteiger partial charge in [0, 0.05) is 19.5 Å². The molecule has 1 fully saturated rings. The third-order valence-electron chi connectivity index (χ3n) is 4.92. The van der Waals surface area contributed by atoms with Gasteiger partial charge in [-0.3, -0.25) is 0 Å².